The largest absolute Gasteiger partial charge is 0.465 e. The third kappa shape index (κ3) is 3.59. The van der Waals surface area contributed by atoms with Crippen molar-refractivity contribution in [1.29, 1.82) is 0 Å². The predicted octanol–water partition coefficient (Wildman–Crippen LogP) is 3.29. The summed E-state index contributed by atoms with van der Waals surface area (Å²) in [5.41, 5.74) is 0.773. The van der Waals surface area contributed by atoms with Crippen molar-refractivity contribution in [3.05, 3.63) is 28.5 Å². The van der Waals surface area contributed by atoms with Gasteiger partial charge in [0.1, 0.15) is 4.60 Å². The van der Waals surface area contributed by atoms with Gasteiger partial charge in [0, 0.05) is 0 Å². The van der Waals surface area contributed by atoms with Crippen LogP contribution in [0.3, 0.4) is 0 Å². The maximum atomic E-state index is 11.8. The molecule has 0 aromatic carbocycles. The molecule has 0 N–H and O–H groups in total. The Bertz CT molecular complexity index is 355. The summed E-state index contributed by atoms with van der Waals surface area (Å²) >= 11 is 3.31. The molecular formula is C12H16BrNO2. The first kappa shape index (κ1) is 13.2. The van der Waals surface area contributed by atoms with Crippen molar-refractivity contribution in [3.63, 3.8) is 0 Å². The molecule has 0 aliphatic carbocycles. The standard InChI is InChI=1S/C12H16BrNO2/c1-3-6-9(12(15)16-4-2)10-7-5-8-11(13)14-10/h5,7-9H,3-4,6H2,1-2H3. The molecule has 1 atom stereocenters. The molecule has 16 heavy (non-hydrogen) atoms. The highest BCUT2D eigenvalue weighted by atomic mass is 79.9. The monoisotopic (exact) mass is 285 g/mol. The minimum atomic E-state index is -0.248. The van der Waals surface area contributed by atoms with Crippen LogP contribution in [0, 0.1) is 0 Å². The zero-order chi connectivity index (χ0) is 12.0. The molecule has 0 aliphatic heterocycles. The van der Waals surface area contributed by atoms with E-state index in [1.807, 2.05) is 32.0 Å². The fourth-order valence-corrected chi connectivity index (χ4v) is 1.89. The number of esters is 1. The number of nitrogens with zero attached hydrogens (tertiary/aromatic N) is 1. The SMILES string of the molecule is CCCC(C(=O)OCC)c1cccc(Br)n1. The van der Waals surface area contributed by atoms with Crippen molar-refractivity contribution >= 4 is 21.9 Å². The van der Waals surface area contributed by atoms with Gasteiger partial charge in [-0.3, -0.25) is 4.79 Å². The quantitative estimate of drug-likeness (QED) is 0.616. The van der Waals surface area contributed by atoms with Crippen LogP contribution < -0.4 is 0 Å². The van der Waals surface area contributed by atoms with E-state index in [0.29, 0.717) is 6.61 Å². The van der Waals surface area contributed by atoms with E-state index in [1.165, 1.54) is 0 Å². The second-order valence-corrected chi connectivity index (χ2v) is 4.29. The molecule has 0 bridgehead atoms. The minimum absolute atomic E-state index is 0.185. The molecule has 0 radical (unpaired) electrons. The molecule has 4 heteroatoms. The predicted molar refractivity (Wildman–Crippen MR) is 66.2 cm³/mol. The van der Waals surface area contributed by atoms with Gasteiger partial charge < -0.3 is 4.74 Å². The molecule has 1 unspecified atom stereocenters. The van der Waals surface area contributed by atoms with E-state index in [1.54, 1.807) is 0 Å². The Balaban J connectivity index is 2.88. The number of carbonyl (C=O) groups is 1. The number of ether oxygens (including phenoxy) is 1. The highest BCUT2D eigenvalue weighted by Crippen LogP contribution is 2.22. The highest BCUT2D eigenvalue weighted by Gasteiger charge is 2.22. The zero-order valence-corrected chi connectivity index (χ0v) is 11.2. The van der Waals surface area contributed by atoms with Gasteiger partial charge >= 0.3 is 5.97 Å². The van der Waals surface area contributed by atoms with Crippen LogP contribution in [0.1, 0.15) is 38.3 Å². The normalized spacial score (nSPS) is 12.2. The van der Waals surface area contributed by atoms with Crippen LogP contribution in [0.25, 0.3) is 0 Å². The third-order valence-electron chi connectivity index (χ3n) is 2.24. The average Bonchev–Trinajstić information content (AvgIpc) is 2.26. The number of halogens is 1. The van der Waals surface area contributed by atoms with Crippen molar-refractivity contribution in [2.75, 3.05) is 6.61 Å². The molecule has 1 rings (SSSR count). The molecule has 1 heterocycles. The van der Waals surface area contributed by atoms with E-state index < -0.39 is 0 Å². The first-order chi connectivity index (χ1) is 7.69. The Morgan fingerprint density at radius 1 is 1.50 bits per heavy atom. The summed E-state index contributed by atoms with van der Waals surface area (Å²) < 4.78 is 5.80. The highest BCUT2D eigenvalue weighted by molar-refractivity contribution is 9.10. The number of rotatable bonds is 5. The van der Waals surface area contributed by atoms with E-state index in [4.69, 9.17) is 4.74 Å². The zero-order valence-electron chi connectivity index (χ0n) is 9.57. The van der Waals surface area contributed by atoms with Gasteiger partial charge in [-0.05, 0) is 41.4 Å². The van der Waals surface area contributed by atoms with Gasteiger partial charge in [0.25, 0.3) is 0 Å². The van der Waals surface area contributed by atoms with Crippen molar-refractivity contribution in [2.45, 2.75) is 32.6 Å². The van der Waals surface area contributed by atoms with Gasteiger partial charge in [0.15, 0.2) is 0 Å². The maximum absolute atomic E-state index is 11.8. The molecule has 1 aromatic heterocycles. The Hall–Kier alpha value is -0.900. The lowest BCUT2D eigenvalue weighted by molar-refractivity contribution is -0.145. The van der Waals surface area contributed by atoms with Gasteiger partial charge in [-0.25, -0.2) is 4.98 Å². The smallest absolute Gasteiger partial charge is 0.315 e. The molecule has 0 aliphatic rings. The van der Waals surface area contributed by atoms with Crippen LogP contribution in [-0.2, 0) is 9.53 Å². The molecule has 0 fully saturated rings. The van der Waals surface area contributed by atoms with Crippen molar-refractivity contribution < 1.29 is 9.53 Å². The molecule has 0 spiro atoms. The summed E-state index contributed by atoms with van der Waals surface area (Å²) in [6.07, 6.45) is 1.69. The van der Waals surface area contributed by atoms with Crippen molar-refractivity contribution in [1.82, 2.24) is 4.98 Å². The first-order valence-corrected chi connectivity index (χ1v) is 6.27. The van der Waals surface area contributed by atoms with Gasteiger partial charge in [0.2, 0.25) is 0 Å². The molecule has 1 aromatic rings. The number of carbonyl (C=O) groups excluding carboxylic acids is 1. The summed E-state index contributed by atoms with van der Waals surface area (Å²) in [6.45, 7) is 4.27. The van der Waals surface area contributed by atoms with Crippen LogP contribution in [0.15, 0.2) is 22.8 Å². The van der Waals surface area contributed by atoms with Gasteiger partial charge in [0.05, 0.1) is 18.2 Å². The summed E-state index contributed by atoms with van der Waals surface area (Å²) in [4.78, 5) is 16.1. The van der Waals surface area contributed by atoms with Gasteiger partial charge in [-0.2, -0.15) is 0 Å². The van der Waals surface area contributed by atoms with Gasteiger partial charge in [-0.1, -0.05) is 19.4 Å². The number of hydrogen-bond acceptors (Lipinski definition) is 3. The van der Waals surface area contributed by atoms with Gasteiger partial charge in [-0.15, -0.1) is 0 Å². The van der Waals surface area contributed by atoms with E-state index in [2.05, 4.69) is 20.9 Å². The fraction of sp³-hybridized carbons (Fsp3) is 0.500. The van der Waals surface area contributed by atoms with Crippen LogP contribution in [0.2, 0.25) is 0 Å². The molecular weight excluding hydrogens is 270 g/mol. The average molecular weight is 286 g/mol. The van der Waals surface area contributed by atoms with Crippen LogP contribution in [0.5, 0.6) is 0 Å². The summed E-state index contributed by atoms with van der Waals surface area (Å²) in [5, 5.41) is 0. The fourth-order valence-electron chi connectivity index (χ4n) is 1.54. The molecule has 0 saturated heterocycles. The van der Waals surface area contributed by atoms with Crippen molar-refractivity contribution in [3.8, 4) is 0 Å². The molecule has 88 valence electrons. The Morgan fingerprint density at radius 2 is 2.25 bits per heavy atom. The maximum Gasteiger partial charge on any atom is 0.315 e. The second kappa shape index (κ2) is 6.63. The summed E-state index contributed by atoms with van der Waals surface area (Å²) in [7, 11) is 0. The number of aromatic nitrogens is 1. The second-order valence-electron chi connectivity index (χ2n) is 3.48. The third-order valence-corrected chi connectivity index (χ3v) is 2.68. The lowest BCUT2D eigenvalue weighted by Gasteiger charge is -2.14. The lowest BCUT2D eigenvalue weighted by Crippen LogP contribution is -2.17. The van der Waals surface area contributed by atoms with Crippen molar-refractivity contribution in [2.24, 2.45) is 0 Å². The topological polar surface area (TPSA) is 39.2 Å². The lowest BCUT2D eigenvalue weighted by atomic mass is 9.99. The minimum Gasteiger partial charge on any atom is -0.465 e. The number of hydrogen-bond donors (Lipinski definition) is 0. The van der Waals surface area contributed by atoms with Crippen LogP contribution in [0.4, 0.5) is 0 Å². The first-order valence-electron chi connectivity index (χ1n) is 5.48. The summed E-state index contributed by atoms with van der Waals surface area (Å²) in [5.74, 6) is -0.433. The van der Waals surface area contributed by atoms with E-state index in [9.17, 15) is 4.79 Å². The number of pyridine rings is 1. The Kier molecular flexibility index (Phi) is 5.46. The van der Waals surface area contributed by atoms with E-state index >= 15 is 0 Å². The van der Waals surface area contributed by atoms with E-state index in [-0.39, 0.29) is 11.9 Å². The molecule has 0 saturated carbocycles. The van der Waals surface area contributed by atoms with Crippen LogP contribution in [-0.4, -0.2) is 17.6 Å². The molecule has 0 amide bonds. The Morgan fingerprint density at radius 3 is 2.81 bits per heavy atom. The summed E-state index contributed by atoms with van der Waals surface area (Å²) in [6, 6.07) is 5.59. The Labute approximate surface area is 104 Å². The van der Waals surface area contributed by atoms with E-state index in [0.717, 1.165) is 23.1 Å². The van der Waals surface area contributed by atoms with Crippen LogP contribution >= 0.6 is 15.9 Å². The molecule has 3 nitrogen and oxygen atoms in total.